The number of rotatable bonds is 6. The highest BCUT2D eigenvalue weighted by molar-refractivity contribution is 7.99. The predicted molar refractivity (Wildman–Crippen MR) is 90.3 cm³/mol. The van der Waals surface area contributed by atoms with Gasteiger partial charge in [0.25, 0.3) is 0 Å². The summed E-state index contributed by atoms with van der Waals surface area (Å²) < 4.78 is 7.59. The lowest BCUT2D eigenvalue weighted by molar-refractivity contribution is 0.416. The Morgan fingerprint density at radius 1 is 1.32 bits per heavy atom. The minimum Gasteiger partial charge on any atom is -0.496 e. The molecule has 0 atom stereocenters. The maximum absolute atomic E-state index is 5.46. The van der Waals surface area contributed by atoms with Gasteiger partial charge in [0.15, 0.2) is 11.0 Å². The highest BCUT2D eigenvalue weighted by Crippen LogP contribution is 2.36. The lowest BCUT2D eigenvalue weighted by Gasteiger charge is -2.12. The maximum Gasteiger partial charge on any atom is 0.192 e. The summed E-state index contributed by atoms with van der Waals surface area (Å²) in [5, 5.41) is 10.5. The van der Waals surface area contributed by atoms with Crippen LogP contribution in [0.4, 0.5) is 0 Å². The molecule has 1 aromatic heterocycles. The smallest absolute Gasteiger partial charge is 0.192 e. The fourth-order valence-corrected chi connectivity index (χ4v) is 4.10. The van der Waals surface area contributed by atoms with Crippen LogP contribution in [0.25, 0.3) is 11.4 Å². The molecule has 22 heavy (non-hydrogen) atoms. The Morgan fingerprint density at radius 3 is 2.82 bits per heavy atom. The van der Waals surface area contributed by atoms with E-state index in [4.69, 9.17) is 4.74 Å². The number of allylic oxidation sites excluding steroid dienone is 1. The van der Waals surface area contributed by atoms with Crippen LogP contribution in [0.1, 0.15) is 25.7 Å². The van der Waals surface area contributed by atoms with Gasteiger partial charge in [-0.3, -0.25) is 4.57 Å². The Morgan fingerprint density at radius 2 is 2.09 bits per heavy atom. The van der Waals surface area contributed by atoms with E-state index in [9.17, 15) is 0 Å². The molecule has 4 nitrogen and oxygen atoms in total. The molecule has 2 aromatic rings. The third kappa shape index (κ3) is 3.04. The Labute approximate surface area is 135 Å². The van der Waals surface area contributed by atoms with E-state index in [1.165, 1.54) is 25.7 Å². The normalized spacial score (nSPS) is 15.1. The summed E-state index contributed by atoms with van der Waals surface area (Å²) in [5.74, 6) is 1.66. The number of thioether (sulfide) groups is 1. The van der Waals surface area contributed by atoms with E-state index in [1.807, 2.05) is 42.1 Å². The van der Waals surface area contributed by atoms with Crippen molar-refractivity contribution in [3.63, 3.8) is 0 Å². The van der Waals surface area contributed by atoms with Crippen molar-refractivity contribution < 1.29 is 4.74 Å². The van der Waals surface area contributed by atoms with Gasteiger partial charge in [0.2, 0.25) is 0 Å². The zero-order chi connectivity index (χ0) is 15.4. The summed E-state index contributed by atoms with van der Waals surface area (Å²) in [6.07, 6.45) is 7.09. The number of hydrogen-bond donors (Lipinski definition) is 0. The van der Waals surface area contributed by atoms with Crippen molar-refractivity contribution in [3.05, 3.63) is 36.9 Å². The topological polar surface area (TPSA) is 39.9 Å². The predicted octanol–water partition coefficient (Wildman–Crippen LogP) is 4.17. The number of nitrogens with zero attached hydrogens (tertiary/aromatic N) is 3. The Hall–Kier alpha value is -1.75. The fourth-order valence-electron chi connectivity index (χ4n) is 2.85. The first-order valence-electron chi connectivity index (χ1n) is 7.67. The summed E-state index contributed by atoms with van der Waals surface area (Å²) in [6, 6.07) is 7.93. The second-order valence-electron chi connectivity index (χ2n) is 5.43. The molecule has 5 heteroatoms. The summed E-state index contributed by atoms with van der Waals surface area (Å²) in [6.45, 7) is 4.57. The molecule has 0 bridgehead atoms. The molecule has 0 N–H and O–H groups in total. The van der Waals surface area contributed by atoms with Gasteiger partial charge in [-0.1, -0.05) is 42.8 Å². The number of benzene rings is 1. The van der Waals surface area contributed by atoms with Gasteiger partial charge in [0.05, 0.1) is 12.7 Å². The zero-order valence-corrected chi connectivity index (χ0v) is 13.7. The second-order valence-corrected chi connectivity index (χ2v) is 6.70. The molecule has 0 unspecified atom stereocenters. The number of ether oxygens (including phenoxy) is 1. The summed E-state index contributed by atoms with van der Waals surface area (Å²) >= 11 is 1.85. The van der Waals surface area contributed by atoms with Crippen molar-refractivity contribution in [2.75, 3.05) is 7.11 Å². The van der Waals surface area contributed by atoms with Gasteiger partial charge in [0, 0.05) is 11.8 Å². The van der Waals surface area contributed by atoms with Crippen molar-refractivity contribution in [3.8, 4) is 17.1 Å². The summed E-state index contributed by atoms with van der Waals surface area (Å²) in [4.78, 5) is 0. The zero-order valence-electron chi connectivity index (χ0n) is 12.9. The van der Waals surface area contributed by atoms with Gasteiger partial charge in [-0.25, -0.2) is 0 Å². The number of hydrogen-bond acceptors (Lipinski definition) is 4. The molecule has 1 fully saturated rings. The highest BCUT2D eigenvalue weighted by Gasteiger charge is 2.22. The first kappa shape index (κ1) is 15.2. The molecule has 0 radical (unpaired) electrons. The van der Waals surface area contributed by atoms with E-state index in [-0.39, 0.29) is 0 Å². The highest BCUT2D eigenvalue weighted by atomic mass is 32.2. The molecule has 1 aromatic carbocycles. The molecule has 3 rings (SSSR count). The Balaban J connectivity index is 1.96. The molecule has 0 saturated heterocycles. The monoisotopic (exact) mass is 315 g/mol. The van der Waals surface area contributed by atoms with Crippen LogP contribution >= 0.6 is 11.8 Å². The van der Waals surface area contributed by atoms with Gasteiger partial charge in [-0.05, 0) is 25.0 Å². The van der Waals surface area contributed by atoms with Gasteiger partial charge in [-0.2, -0.15) is 0 Å². The molecule has 1 saturated carbocycles. The van der Waals surface area contributed by atoms with Crippen LogP contribution < -0.4 is 4.74 Å². The standard InChI is InChI=1S/C17H21N3OS/c1-3-12-20-16(14-10-6-7-11-15(14)21-2)18-19-17(20)22-13-8-4-5-9-13/h3,6-7,10-11,13H,1,4-5,8-9,12H2,2H3. The van der Waals surface area contributed by atoms with Gasteiger partial charge in [0.1, 0.15) is 5.75 Å². The number of methoxy groups -OCH3 is 1. The van der Waals surface area contributed by atoms with E-state index in [0.717, 1.165) is 22.3 Å². The first-order valence-corrected chi connectivity index (χ1v) is 8.55. The third-order valence-electron chi connectivity index (χ3n) is 3.95. The molecule has 0 amide bonds. The Kier molecular flexibility index (Phi) is 4.83. The van der Waals surface area contributed by atoms with Crippen molar-refractivity contribution >= 4 is 11.8 Å². The molecule has 1 heterocycles. The minimum atomic E-state index is 0.665. The van der Waals surface area contributed by atoms with E-state index >= 15 is 0 Å². The lowest BCUT2D eigenvalue weighted by Crippen LogP contribution is -2.04. The molecule has 1 aliphatic carbocycles. The van der Waals surface area contributed by atoms with Gasteiger partial charge in [-0.15, -0.1) is 16.8 Å². The number of para-hydroxylation sites is 1. The molecule has 0 aliphatic heterocycles. The molecular formula is C17H21N3OS. The summed E-state index contributed by atoms with van der Waals surface area (Å²) in [5.41, 5.74) is 0.970. The fraction of sp³-hybridized carbons (Fsp3) is 0.412. The largest absolute Gasteiger partial charge is 0.496 e. The van der Waals surface area contributed by atoms with Crippen LogP contribution in [-0.4, -0.2) is 27.1 Å². The van der Waals surface area contributed by atoms with Crippen molar-refractivity contribution in [1.29, 1.82) is 0 Å². The first-order chi connectivity index (χ1) is 10.8. The van der Waals surface area contributed by atoms with Crippen LogP contribution in [0.15, 0.2) is 42.1 Å². The average molecular weight is 315 g/mol. The molecule has 1 aliphatic rings. The molecule has 116 valence electrons. The van der Waals surface area contributed by atoms with E-state index in [2.05, 4.69) is 21.3 Å². The van der Waals surface area contributed by atoms with Crippen LogP contribution in [-0.2, 0) is 6.54 Å². The molecule has 0 spiro atoms. The van der Waals surface area contributed by atoms with Crippen LogP contribution in [0.5, 0.6) is 5.75 Å². The average Bonchev–Trinajstić information content (AvgIpc) is 3.19. The van der Waals surface area contributed by atoms with Crippen LogP contribution in [0.2, 0.25) is 0 Å². The number of aromatic nitrogens is 3. The van der Waals surface area contributed by atoms with E-state index in [1.54, 1.807) is 7.11 Å². The van der Waals surface area contributed by atoms with Crippen molar-refractivity contribution in [1.82, 2.24) is 14.8 Å². The quantitative estimate of drug-likeness (QED) is 0.750. The minimum absolute atomic E-state index is 0.665. The third-order valence-corrected chi connectivity index (χ3v) is 5.27. The van der Waals surface area contributed by atoms with Crippen molar-refractivity contribution in [2.45, 2.75) is 42.6 Å². The van der Waals surface area contributed by atoms with E-state index < -0.39 is 0 Å². The maximum atomic E-state index is 5.46. The lowest BCUT2D eigenvalue weighted by atomic mass is 10.2. The van der Waals surface area contributed by atoms with Crippen LogP contribution in [0, 0.1) is 0 Å². The van der Waals surface area contributed by atoms with Gasteiger partial charge < -0.3 is 4.74 Å². The van der Waals surface area contributed by atoms with Crippen LogP contribution in [0.3, 0.4) is 0 Å². The second kappa shape index (κ2) is 7.01. The SMILES string of the molecule is C=CCn1c(SC2CCCC2)nnc1-c1ccccc1OC. The van der Waals surface area contributed by atoms with Gasteiger partial charge >= 0.3 is 0 Å². The Bertz CT molecular complexity index is 647. The summed E-state index contributed by atoms with van der Waals surface area (Å²) in [7, 11) is 1.68. The van der Waals surface area contributed by atoms with Crippen molar-refractivity contribution in [2.24, 2.45) is 0 Å². The van der Waals surface area contributed by atoms with E-state index in [0.29, 0.717) is 11.8 Å². The molecular weight excluding hydrogens is 294 g/mol.